The van der Waals surface area contributed by atoms with Gasteiger partial charge in [0.05, 0.1) is 11.9 Å². The molecule has 1 heterocycles. The number of phenols is 1. The summed E-state index contributed by atoms with van der Waals surface area (Å²) in [7, 11) is 0. The molecule has 0 aliphatic carbocycles. The topological polar surface area (TPSA) is 90.4 Å². The minimum absolute atomic E-state index is 0.126. The van der Waals surface area contributed by atoms with Gasteiger partial charge in [-0.3, -0.25) is 9.89 Å². The van der Waals surface area contributed by atoms with Crippen LogP contribution in [0.15, 0.2) is 41.5 Å². The number of hydrazone groups is 1. The molecular weight excluding hydrogens is 316 g/mol. The van der Waals surface area contributed by atoms with Crippen LogP contribution in [0.5, 0.6) is 5.75 Å². The number of hydrogen-bond donors (Lipinski definition) is 3. The summed E-state index contributed by atoms with van der Waals surface area (Å²) >= 11 is 0. The van der Waals surface area contributed by atoms with Crippen LogP contribution in [0.4, 0.5) is 0 Å². The van der Waals surface area contributed by atoms with Crippen molar-refractivity contribution in [3.63, 3.8) is 0 Å². The largest absolute Gasteiger partial charge is 0.507 e. The Morgan fingerprint density at radius 1 is 1.28 bits per heavy atom. The SMILES string of the molecule is Cc1n[nH]c(C)c1CCC(=O)N/N=C/c1c(O)ccc2ccccc12. The molecule has 0 saturated carbocycles. The highest BCUT2D eigenvalue weighted by Gasteiger charge is 2.09. The van der Waals surface area contributed by atoms with E-state index in [2.05, 4.69) is 20.7 Å². The summed E-state index contributed by atoms with van der Waals surface area (Å²) in [6, 6.07) is 11.2. The van der Waals surface area contributed by atoms with Gasteiger partial charge in [0.1, 0.15) is 5.75 Å². The number of phenolic OH excluding ortho intramolecular Hbond substituents is 1. The highest BCUT2D eigenvalue weighted by Crippen LogP contribution is 2.25. The van der Waals surface area contributed by atoms with Gasteiger partial charge in [-0.1, -0.05) is 30.3 Å². The molecule has 3 N–H and O–H groups in total. The molecule has 6 heteroatoms. The molecule has 1 aromatic heterocycles. The molecule has 6 nitrogen and oxygen atoms in total. The molecule has 1 amide bonds. The molecule has 128 valence electrons. The van der Waals surface area contributed by atoms with Gasteiger partial charge in [-0.2, -0.15) is 10.2 Å². The first-order valence-corrected chi connectivity index (χ1v) is 8.09. The molecule has 0 radical (unpaired) electrons. The average Bonchev–Trinajstić information content (AvgIpc) is 2.93. The average molecular weight is 336 g/mol. The summed E-state index contributed by atoms with van der Waals surface area (Å²) in [5.74, 6) is -0.0580. The fraction of sp³-hybridized carbons (Fsp3) is 0.211. The number of nitrogens with zero attached hydrogens (tertiary/aromatic N) is 2. The zero-order valence-electron chi connectivity index (χ0n) is 14.2. The van der Waals surface area contributed by atoms with Crippen molar-refractivity contribution in [1.82, 2.24) is 15.6 Å². The predicted molar refractivity (Wildman–Crippen MR) is 97.7 cm³/mol. The van der Waals surface area contributed by atoms with E-state index in [9.17, 15) is 9.90 Å². The molecule has 3 aromatic rings. The Morgan fingerprint density at radius 3 is 2.84 bits per heavy atom. The fourth-order valence-electron chi connectivity index (χ4n) is 2.83. The quantitative estimate of drug-likeness (QED) is 0.494. The molecule has 25 heavy (non-hydrogen) atoms. The van der Waals surface area contributed by atoms with Gasteiger partial charge >= 0.3 is 0 Å². The van der Waals surface area contributed by atoms with Crippen molar-refractivity contribution in [1.29, 1.82) is 0 Å². The van der Waals surface area contributed by atoms with E-state index in [-0.39, 0.29) is 11.7 Å². The first kappa shape index (κ1) is 16.7. The normalized spacial score (nSPS) is 11.3. The number of amides is 1. The van der Waals surface area contributed by atoms with Crippen LogP contribution < -0.4 is 5.43 Å². The molecule has 0 aliphatic rings. The number of aromatic amines is 1. The van der Waals surface area contributed by atoms with Crippen LogP contribution in [0.3, 0.4) is 0 Å². The van der Waals surface area contributed by atoms with Crippen molar-refractivity contribution < 1.29 is 9.90 Å². The lowest BCUT2D eigenvalue weighted by Gasteiger charge is -2.05. The van der Waals surface area contributed by atoms with Crippen LogP contribution in [0.25, 0.3) is 10.8 Å². The lowest BCUT2D eigenvalue weighted by Crippen LogP contribution is -2.18. The molecular formula is C19H20N4O2. The number of nitrogens with one attached hydrogen (secondary N) is 2. The number of carbonyl (C=O) groups is 1. The summed E-state index contributed by atoms with van der Waals surface area (Å²) in [6.45, 7) is 3.85. The summed E-state index contributed by atoms with van der Waals surface area (Å²) < 4.78 is 0. The van der Waals surface area contributed by atoms with Crippen LogP contribution in [-0.2, 0) is 11.2 Å². The summed E-state index contributed by atoms with van der Waals surface area (Å²) in [6.07, 6.45) is 2.40. The van der Waals surface area contributed by atoms with Gasteiger partial charge in [-0.15, -0.1) is 0 Å². The second kappa shape index (κ2) is 7.17. The predicted octanol–water partition coefficient (Wildman–Crippen LogP) is 2.97. The molecule has 0 saturated heterocycles. The van der Waals surface area contributed by atoms with E-state index in [1.165, 1.54) is 6.21 Å². The number of aromatic nitrogens is 2. The van der Waals surface area contributed by atoms with E-state index in [4.69, 9.17) is 0 Å². The van der Waals surface area contributed by atoms with Crippen LogP contribution in [0, 0.1) is 13.8 Å². The first-order valence-electron chi connectivity index (χ1n) is 8.09. The molecule has 0 atom stereocenters. The summed E-state index contributed by atoms with van der Waals surface area (Å²) in [5, 5.41) is 22.9. The molecule has 0 unspecified atom stereocenters. The Bertz CT molecular complexity index is 924. The monoisotopic (exact) mass is 336 g/mol. The van der Waals surface area contributed by atoms with Gasteiger partial charge < -0.3 is 5.11 Å². The van der Waals surface area contributed by atoms with Crippen LogP contribution >= 0.6 is 0 Å². The Kier molecular flexibility index (Phi) is 4.79. The molecule has 2 aromatic carbocycles. The van der Waals surface area contributed by atoms with Crippen LogP contribution in [0.2, 0.25) is 0 Å². The third-order valence-electron chi connectivity index (χ3n) is 4.21. The zero-order chi connectivity index (χ0) is 17.8. The number of fused-ring (bicyclic) bond motifs is 1. The maximum absolute atomic E-state index is 12.0. The van der Waals surface area contributed by atoms with E-state index >= 15 is 0 Å². The fourth-order valence-corrected chi connectivity index (χ4v) is 2.83. The van der Waals surface area contributed by atoms with Crippen LogP contribution in [0.1, 0.15) is 28.9 Å². The number of aryl methyl sites for hydroxylation is 2. The second-order valence-electron chi connectivity index (χ2n) is 5.93. The Balaban J connectivity index is 1.65. The lowest BCUT2D eigenvalue weighted by atomic mass is 10.0. The molecule has 3 rings (SSSR count). The van der Waals surface area contributed by atoms with E-state index in [1.807, 2.05) is 44.2 Å². The number of rotatable bonds is 5. The standard InChI is InChI=1S/C19H20N4O2/c1-12-15(13(2)22-21-12)8-10-19(25)23-20-11-17-16-6-4-3-5-14(16)7-9-18(17)24/h3-7,9,11,24H,8,10H2,1-2H3,(H,21,22)(H,23,25)/b20-11+. The number of carbonyl (C=O) groups excluding carboxylic acids is 1. The zero-order valence-corrected chi connectivity index (χ0v) is 14.2. The van der Waals surface area contributed by atoms with E-state index in [0.717, 1.165) is 27.7 Å². The highest BCUT2D eigenvalue weighted by atomic mass is 16.3. The Hall–Kier alpha value is -3.15. The smallest absolute Gasteiger partial charge is 0.240 e. The minimum Gasteiger partial charge on any atom is -0.507 e. The van der Waals surface area contributed by atoms with Gasteiger partial charge in [0.25, 0.3) is 0 Å². The van der Waals surface area contributed by atoms with Crippen molar-refractivity contribution in [3.05, 3.63) is 58.9 Å². The van der Waals surface area contributed by atoms with Gasteiger partial charge in [-0.05, 0) is 42.7 Å². The van der Waals surface area contributed by atoms with Crippen molar-refractivity contribution in [2.75, 3.05) is 0 Å². The Morgan fingerprint density at radius 2 is 2.08 bits per heavy atom. The van der Waals surface area contributed by atoms with Crippen molar-refractivity contribution in [2.45, 2.75) is 26.7 Å². The van der Waals surface area contributed by atoms with E-state index in [0.29, 0.717) is 18.4 Å². The number of benzene rings is 2. The first-order chi connectivity index (χ1) is 12.1. The van der Waals surface area contributed by atoms with Gasteiger partial charge in [-0.25, -0.2) is 5.43 Å². The number of hydrogen-bond acceptors (Lipinski definition) is 4. The lowest BCUT2D eigenvalue weighted by molar-refractivity contribution is -0.121. The van der Waals surface area contributed by atoms with Crippen molar-refractivity contribution in [3.8, 4) is 5.75 Å². The van der Waals surface area contributed by atoms with E-state index < -0.39 is 0 Å². The molecule has 0 aliphatic heterocycles. The summed E-state index contributed by atoms with van der Waals surface area (Å²) in [5.41, 5.74) is 6.05. The number of H-pyrrole nitrogens is 1. The molecule has 0 bridgehead atoms. The van der Waals surface area contributed by atoms with Crippen molar-refractivity contribution in [2.24, 2.45) is 5.10 Å². The van der Waals surface area contributed by atoms with Crippen LogP contribution in [-0.4, -0.2) is 27.4 Å². The molecule has 0 spiro atoms. The second-order valence-corrected chi connectivity index (χ2v) is 5.93. The Labute approximate surface area is 145 Å². The maximum atomic E-state index is 12.0. The maximum Gasteiger partial charge on any atom is 0.240 e. The van der Waals surface area contributed by atoms with Gasteiger partial charge in [0.15, 0.2) is 0 Å². The number of aromatic hydroxyl groups is 1. The van der Waals surface area contributed by atoms with E-state index in [1.54, 1.807) is 6.07 Å². The highest BCUT2D eigenvalue weighted by molar-refractivity contribution is 6.02. The van der Waals surface area contributed by atoms with Gasteiger partial charge in [0.2, 0.25) is 5.91 Å². The summed E-state index contributed by atoms with van der Waals surface area (Å²) in [4.78, 5) is 12.0. The molecule has 0 fully saturated rings. The third kappa shape index (κ3) is 3.68. The third-order valence-corrected chi connectivity index (χ3v) is 4.21. The minimum atomic E-state index is -0.184. The van der Waals surface area contributed by atoms with Crippen molar-refractivity contribution >= 4 is 22.9 Å². The van der Waals surface area contributed by atoms with Gasteiger partial charge in [0, 0.05) is 17.7 Å².